The van der Waals surface area contributed by atoms with Crippen LogP contribution in [0.25, 0.3) is 0 Å². The number of hydrogen-bond donors (Lipinski definition) is 1. The third-order valence-corrected chi connectivity index (χ3v) is 4.45. The monoisotopic (exact) mass is 353 g/mol. The summed E-state index contributed by atoms with van der Waals surface area (Å²) < 4.78 is 0. The van der Waals surface area contributed by atoms with Crippen molar-refractivity contribution in [3.63, 3.8) is 0 Å². The van der Waals surface area contributed by atoms with Crippen LogP contribution >= 0.6 is 0 Å². The molecule has 7 nitrogen and oxygen atoms in total. The van der Waals surface area contributed by atoms with Crippen molar-refractivity contribution in [1.29, 1.82) is 0 Å². The molecule has 0 bridgehead atoms. The molecule has 2 amide bonds. The Bertz CT molecular complexity index is 865. The summed E-state index contributed by atoms with van der Waals surface area (Å²) in [6.45, 7) is 2.34. The molecule has 0 aliphatic carbocycles. The summed E-state index contributed by atoms with van der Waals surface area (Å²) in [7, 11) is 0. The van der Waals surface area contributed by atoms with E-state index in [2.05, 4.69) is 5.32 Å². The number of anilines is 2. The Hall–Kier alpha value is -3.22. The van der Waals surface area contributed by atoms with Gasteiger partial charge in [0.15, 0.2) is 0 Å². The van der Waals surface area contributed by atoms with Crippen LogP contribution < -0.4 is 10.2 Å². The van der Waals surface area contributed by atoms with E-state index in [4.69, 9.17) is 0 Å². The fourth-order valence-electron chi connectivity index (χ4n) is 3.02. The summed E-state index contributed by atoms with van der Waals surface area (Å²) in [5, 5.41) is 13.5. The number of rotatable bonds is 5. The highest BCUT2D eigenvalue weighted by Gasteiger charge is 2.35. The first-order chi connectivity index (χ1) is 12.5. The summed E-state index contributed by atoms with van der Waals surface area (Å²) in [4.78, 5) is 36.8. The molecule has 1 atom stereocenters. The first-order valence-corrected chi connectivity index (χ1v) is 8.42. The van der Waals surface area contributed by atoms with Gasteiger partial charge in [-0.25, -0.2) is 0 Å². The van der Waals surface area contributed by atoms with Crippen molar-refractivity contribution in [3.05, 3.63) is 64.2 Å². The predicted molar refractivity (Wildman–Crippen MR) is 98.0 cm³/mol. The van der Waals surface area contributed by atoms with Crippen LogP contribution in [0.3, 0.4) is 0 Å². The number of aryl methyl sites for hydroxylation is 1. The zero-order valence-electron chi connectivity index (χ0n) is 14.3. The number of carbonyl (C=O) groups is 2. The quantitative estimate of drug-likeness (QED) is 0.660. The molecule has 2 aromatic rings. The molecule has 0 aromatic heterocycles. The zero-order valence-corrected chi connectivity index (χ0v) is 14.3. The van der Waals surface area contributed by atoms with Crippen molar-refractivity contribution in [2.45, 2.75) is 19.8 Å². The number of carbonyl (C=O) groups excluding carboxylic acids is 2. The van der Waals surface area contributed by atoms with E-state index in [9.17, 15) is 19.7 Å². The summed E-state index contributed by atoms with van der Waals surface area (Å²) in [5.41, 5.74) is 2.17. The smallest absolute Gasteiger partial charge is 0.271 e. The van der Waals surface area contributed by atoms with Crippen molar-refractivity contribution >= 4 is 28.9 Å². The molecule has 2 aromatic carbocycles. The summed E-state index contributed by atoms with van der Waals surface area (Å²) in [6, 6.07) is 13.5. The van der Waals surface area contributed by atoms with E-state index in [1.807, 2.05) is 31.2 Å². The van der Waals surface area contributed by atoms with Gasteiger partial charge in [0, 0.05) is 36.5 Å². The van der Waals surface area contributed by atoms with Gasteiger partial charge in [0.05, 0.1) is 10.8 Å². The van der Waals surface area contributed by atoms with Gasteiger partial charge in [-0.1, -0.05) is 25.1 Å². The van der Waals surface area contributed by atoms with Gasteiger partial charge in [0.2, 0.25) is 11.8 Å². The lowest BCUT2D eigenvalue weighted by Crippen LogP contribution is -2.28. The van der Waals surface area contributed by atoms with E-state index in [1.54, 1.807) is 11.0 Å². The number of nitro groups is 1. The minimum absolute atomic E-state index is 0.0942. The maximum absolute atomic E-state index is 12.5. The van der Waals surface area contributed by atoms with Crippen LogP contribution in [0.4, 0.5) is 17.1 Å². The van der Waals surface area contributed by atoms with Crippen LogP contribution in [0.1, 0.15) is 18.9 Å². The predicted octanol–water partition coefficient (Wildman–Crippen LogP) is 3.15. The van der Waals surface area contributed by atoms with Gasteiger partial charge in [-0.2, -0.15) is 0 Å². The Morgan fingerprint density at radius 2 is 2.04 bits per heavy atom. The van der Waals surface area contributed by atoms with Crippen molar-refractivity contribution < 1.29 is 14.5 Å². The largest absolute Gasteiger partial charge is 0.326 e. The minimum atomic E-state index is -0.517. The number of nitrogens with zero attached hydrogens (tertiary/aromatic N) is 2. The van der Waals surface area contributed by atoms with Gasteiger partial charge < -0.3 is 10.2 Å². The third kappa shape index (κ3) is 3.72. The number of nitro benzene ring substituents is 1. The third-order valence-electron chi connectivity index (χ3n) is 4.45. The molecule has 7 heteroatoms. The van der Waals surface area contributed by atoms with Gasteiger partial charge in [-0.15, -0.1) is 0 Å². The van der Waals surface area contributed by atoms with Crippen LogP contribution in [0, 0.1) is 16.0 Å². The van der Waals surface area contributed by atoms with Crippen LogP contribution in [0.2, 0.25) is 0 Å². The number of amides is 2. The molecular formula is C19H19N3O4. The molecule has 1 saturated heterocycles. The fraction of sp³-hybridized carbons (Fsp3) is 0.263. The van der Waals surface area contributed by atoms with E-state index < -0.39 is 10.8 Å². The second-order valence-electron chi connectivity index (χ2n) is 6.23. The van der Waals surface area contributed by atoms with E-state index in [1.165, 1.54) is 18.2 Å². The van der Waals surface area contributed by atoms with Crippen LogP contribution in [-0.4, -0.2) is 23.3 Å². The summed E-state index contributed by atoms with van der Waals surface area (Å²) >= 11 is 0. The lowest BCUT2D eigenvalue weighted by atomic mass is 10.1. The lowest BCUT2D eigenvalue weighted by molar-refractivity contribution is -0.384. The molecule has 26 heavy (non-hydrogen) atoms. The molecule has 1 fully saturated rings. The van der Waals surface area contributed by atoms with Crippen LogP contribution in [0.15, 0.2) is 48.5 Å². The summed E-state index contributed by atoms with van der Waals surface area (Å²) in [5.74, 6) is -0.905. The molecule has 3 rings (SSSR count). The Labute approximate surface area is 150 Å². The van der Waals surface area contributed by atoms with Gasteiger partial charge in [0.1, 0.15) is 0 Å². The molecule has 0 spiro atoms. The van der Waals surface area contributed by atoms with Crippen molar-refractivity contribution in [2.24, 2.45) is 5.92 Å². The van der Waals surface area contributed by atoms with Crippen molar-refractivity contribution in [2.75, 3.05) is 16.8 Å². The molecule has 134 valence electrons. The fourth-order valence-corrected chi connectivity index (χ4v) is 3.02. The van der Waals surface area contributed by atoms with E-state index in [-0.39, 0.29) is 23.9 Å². The standard InChI is InChI=1S/C19H19N3O4/c1-2-13-5-3-7-16(9-13)21-12-14(10-18(21)23)19(24)20-15-6-4-8-17(11-15)22(25)26/h3-9,11,14H,2,10,12H2,1H3,(H,20,24)/t14-/m0/s1. The normalized spacial score (nSPS) is 16.6. The van der Waals surface area contributed by atoms with Gasteiger partial charge in [-0.3, -0.25) is 19.7 Å². The lowest BCUT2D eigenvalue weighted by Gasteiger charge is -2.17. The number of nitrogens with one attached hydrogen (secondary N) is 1. The maximum Gasteiger partial charge on any atom is 0.271 e. The molecule has 1 heterocycles. The first kappa shape index (κ1) is 17.6. The molecule has 0 saturated carbocycles. The summed E-state index contributed by atoms with van der Waals surface area (Å²) in [6.07, 6.45) is 0.990. The van der Waals surface area contributed by atoms with Gasteiger partial charge >= 0.3 is 0 Å². The van der Waals surface area contributed by atoms with Crippen LogP contribution in [-0.2, 0) is 16.0 Å². The van der Waals surface area contributed by atoms with E-state index in [0.29, 0.717) is 12.2 Å². The number of hydrogen-bond acceptors (Lipinski definition) is 4. The Morgan fingerprint density at radius 3 is 2.77 bits per heavy atom. The van der Waals surface area contributed by atoms with Gasteiger partial charge in [0.25, 0.3) is 5.69 Å². The maximum atomic E-state index is 12.5. The molecule has 0 radical (unpaired) electrons. The molecular weight excluding hydrogens is 334 g/mol. The highest BCUT2D eigenvalue weighted by Crippen LogP contribution is 2.27. The SMILES string of the molecule is CCc1cccc(N2C[C@@H](C(=O)Nc3cccc([N+](=O)[O-])c3)CC2=O)c1. The van der Waals surface area contributed by atoms with Crippen molar-refractivity contribution in [1.82, 2.24) is 0 Å². The van der Waals surface area contributed by atoms with Crippen LogP contribution in [0.5, 0.6) is 0 Å². The number of non-ortho nitro benzene ring substituents is 1. The molecule has 1 aliphatic rings. The minimum Gasteiger partial charge on any atom is -0.326 e. The topological polar surface area (TPSA) is 92.6 Å². The average Bonchev–Trinajstić information content (AvgIpc) is 3.04. The van der Waals surface area contributed by atoms with E-state index in [0.717, 1.165) is 17.7 Å². The second kappa shape index (κ2) is 7.35. The zero-order chi connectivity index (χ0) is 18.7. The Balaban J connectivity index is 1.71. The molecule has 0 unspecified atom stereocenters. The molecule has 1 N–H and O–H groups in total. The first-order valence-electron chi connectivity index (χ1n) is 8.42. The second-order valence-corrected chi connectivity index (χ2v) is 6.23. The average molecular weight is 353 g/mol. The Morgan fingerprint density at radius 1 is 1.27 bits per heavy atom. The number of benzene rings is 2. The highest BCUT2D eigenvalue weighted by molar-refractivity contribution is 6.03. The molecule has 1 aliphatic heterocycles. The van der Waals surface area contributed by atoms with E-state index >= 15 is 0 Å². The van der Waals surface area contributed by atoms with Crippen molar-refractivity contribution in [3.8, 4) is 0 Å². The Kier molecular flexibility index (Phi) is 4.97. The highest BCUT2D eigenvalue weighted by atomic mass is 16.6. The van der Waals surface area contributed by atoms with Gasteiger partial charge in [-0.05, 0) is 30.2 Å².